The molecule has 4 fully saturated rings. The van der Waals surface area contributed by atoms with Crippen LogP contribution in [0.15, 0.2) is 11.6 Å². The highest BCUT2D eigenvalue weighted by Gasteiger charge is 2.73. The van der Waals surface area contributed by atoms with Gasteiger partial charge in [0.05, 0.1) is 37.9 Å². The van der Waals surface area contributed by atoms with Crippen molar-refractivity contribution < 1.29 is 24.2 Å². The standard InChI is InChI=1S/C39H64N6O5/c1-22(2)24(5)35(8)16-17-36(9)26-12-13-29-34(7)18-28(45-33(41-25(6)46)42-43-44-45)31(50-20-38(11,40)23(3)4)39(29,21-49-19-34)27(26)14-15-37(36,10)30(35)32(47)48/h14,22-24,26,28-31H,12-13,15-21,40H2,1-11H3,(H,47,48)(H,41,42,44,46)/t24-,26+,28-,29-,30-,31+,34-,35-,36-,37+,38+,39+/m1/s1. The minimum absolute atomic E-state index is 0.173. The summed E-state index contributed by atoms with van der Waals surface area (Å²) in [7, 11) is 0. The fourth-order valence-corrected chi connectivity index (χ4v) is 12.2. The minimum Gasteiger partial charge on any atom is -0.481 e. The number of carboxylic acid groups (broad SMARTS) is 1. The lowest BCUT2D eigenvalue weighted by atomic mass is 9.34. The molecule has 1 aromatic rings. The smallest absolute Gasteiger partial charge is 0.307 e. The molecular formula is C39H64N6O5. The van der Waals surface area contributed by atoms with Gasteiger partial charge in [-0.15, -0.1) is 0 Å². The molecule has 50 heavy (non-hydrogen) atoms. The van der Waals surface area contributed by atoms with Crippen LogP contribution in [0.2, 0.25) is 0 Å². The summed E-state index contributed by atoms with van der Waals surface area (Å²) < 4.78 is 15.7. The van der Waals surface area contributed by atoms with Crippen molar-refractivity contribution in [1.82, 2.24) is 20.2 Å². The topological polar surface area (TPSA) is 154 Å². The van der Waals surface area contributed by atoms with E-state index < -0.39 is 28.3 Å². The summed E-state index contributed by atoms with van der Waals surface area (Å²) in [5, 5.41) is 26.7. The molecule has 280 valence electrons. The molecule has 2 bridgehead atoms. The van der Waals surface area contributed by atoms with Crippen molar-refractivity contribution in [3.8, 4) is 0 Å². The molecule has 2 heterocycles. The van der Waals surface area contributed by atoms with Crippen molar-refractivity contribution in [3.05, 3.63) is 11.6 Å². The number of hydrogen-bond acceptors (Lipinski definition) is 8. The van der Waals surface area contributed by atoms with Crippen LogP contribution in [0.25, 0.3) is 0 Å². The van der Waals surface area contributed by atoms with Crippen LogP contribution in [0.3, 0.4) is 0 Å². The van der Waals surface area contributed by atoms with Crippen LogP contribution in [0.5, 0.6) is 0 Å². The molecule has 4 aliphatic carbocycles. The molecular weight excluding hydrogens is 632 g/mol. The molecule has 1 amide bonds. The Morgan fingerprint density at radius 3 is 2.44 bits per heavy atom. The quantitative estimate of drug-likeness (QED) is 0.245. The van der Waals surface area contributed by atoms with Crippen LogP contribution < -0.4 is 11.1 Å². The van der Waals surface area contributed by atoms with Gasteiger partial charge in [-0.1, -0.05) is 79.1 Å². The van der Waals surface area contributed by atoms with E-state index in [-0.39, 0.29) is 58.0 Å². The number of rotatable bonds is 9. The number of aromatic nitrogens is 4. The van der Waals surface area contributed by atoms with Crippen LogP contribution >= 0.6 is 0 Å². The van der Waals surface area contributed by atoms with Crippen molar-refractivity contribution in [2.75, 3.05) is 25.1 Å². The molecule has 1 aromatic heterocycles. The van der Waals surface area contributed by atoms with E-state index in [0.29, 0.717) is 38.1 Å². The second-order valence-corrected chi connectivity index (χ2v) is 19.2. The Balaban J connectivity index is 1.53. The van der Waals surface area contributed by atoms with E-state index >= 15 is 0 Å². The summed E-state index contributed by atoms with van der Waals surface area (Å²) in [6.45, 7) is 25.3. The first-order valence-electron chi connectivity index (χ1n) is 19.2. The summed E-state index contributed by atoms with van der Waals surface area (Å²) >= 11 is 0. The van der Waals surface area contributed by atoms with Gasteiger partial charge in [-0.25, -0.2) is 4.68 Å². The molecule has 11 nitrogen and oxygen atoms in total. The van der Waals surface area contributed by atoms with E-state index in [9.17, 15) is 14.7 Å². The zero-order chi connectivity index (χ0) is 36.8. The third-order valence-electron chi connectivity index (χ3n) is 16.0. The van der Waals surface area contributed by atoms with Gasteiger partial charge in [0.1, 0.15) is 0 Å². The Morgan fingerprint density at radius 1 is 1.12 bits per heavy atom. The van der Waals surface area contributed by atoms with Crippen LogP contribution in [0, 0.1) is 62.6 Å². The van der Waals surface area contributed by atoms with E-state index in [4.69, 9.17) is 15.2 Å². The lowest BCUT2D eigenvalue weighted by Gasteiger charge is -2.71. The number of aliphatic carboxylic acids is 1. The molecule has 1 saturated heterocycles. The minimum atomic E-state index is -0.662. The summed E-state index contributed by atoms with van der Waals surface area (Å²) in [6, 6.07) is -0.283. The first kappa shape index (κ1) is 37.4. The van der Waals surface area contributed by atoms with Gasteiger partial charge in [-0.3, -0.25) is 14.9 Å². The summed E-state index contributed by atoms with van der Waals surface area (Å²) in [4.78, 5) is 25.8. The number of carbonyl (C=O) groups is 2. The summed E-state index contributed by atoms with van der Waals surface area (Å²) in [5.74, 6) is 0.246. The summed E-state index contributed by atoms with van der Waals surface area (Å²) in [6.07, 6.45) is 7.36. The van der Waals surface area contributed by atoms with Crippen molar-refractivity contribution in [1.29, 1.82) is 0 Å². The average Bonchev–Trinajstić information content (AvgIpc) is 3.47. The van der Waals surface area contributed by atoms with E-state index in [1.54, 1.807) is 4.68 Å². The van der Waals surface area contributed by atoms with Crippen molar-refractivity contribution in [2.24, 2.45) is 68.3 Å². The SMILES string of the molecule is CC(=O)Nc1nnnn1[C@@H]1C[C@]2(C)COC[C@@]3(C4=CC[C@@]5(C)[C@H](C(=O)O)[C@@](C)([C@H](C)C(C)C)CC[C@]5(C)[C@H]4CC[C@H]23)[C@H]1OC[C@](C)(N)C(C)C. The van der Waals surface area contributed by atoms with Crippen LogP contribution in [0.4, 0.5) is 5.95 Å². The molecule has 0 radical (unpaired) electrons. The zero-order valence-corrected chi connectivity index (χ0v) is 32.5. The molecule has 5 aliphatic rings. The van der Waals surface area contributed by atoms with Crippen molar-refractivity contribution in [2.45, 2.75) is 132 Å². The number of nitrogens with two attached hydrogens (primary N) is 1. The Morgan fingerprint density at radius 2 is 1.82 bits per heavy atom. The van der Waals surface area contributed by atoms with Crippen LogP contribution in [0.1, 0.15) is 121 Å². The number of allylic oxidation sites excluding steroid dienone is 1. The number of tetrazole rings is 1. The third kappa shape index (κ3) is 5.25. The number of amides is 1. The Hall–Kier alpha value is -2.37. The molecule has 3 saturated carbocycles. The zero-order valence-electron chi connectivity index (χ0n) is 32.5. The molecule has 1 aliphatic heterocycles. The number of anilines is 1. The maximum Gasteiger partial charge on any atom is 0.307 e. The van der Waals surface area contributed by atoms with Gasteiger partial charge in [0.15, 0.2) is 0 Å². The van der Waals surface area contributed by atoms with Gasteiger partial charge < -0.3 is 20.3 Å². The van der Waals surface area contributed by atoms with Gasteiger partial charge in [-0.05, 0) is 107 Å². The Labute approximate surface area is 299 Å². The molecule has 6 rings (SSSR count). The van der Waals surface area contributed by atoms with E-state index in [0.717, 1.165) is 32.1 Å². The summed E-state index contributed by atoms with van der Waals surface area (Å²) in [5.41, 5.74) is 6.01. The molecule has 4 N–H and O–H groups in total. The monoisotopic (exact) mass is 696 g/mol. The van der Waals surface area contributed by atoms with Gasteiger partial charge in [0.25, 0.3) is 0 Å². The molecule has 0 aromatic carbocycles. The number of carbonyl (C=O) groups excluding carboxylic acids is 1. The number of fused-ring (bicyclic) bond motifs is 3. The fourth-order valence-electron chi connectivity index (χ4n) is 12.2. The second-order valence-electron chi connectivity index (χ2n) is 19.2. The Bertz CT molecular complexity index is 1520. The highest BCUT2D eigenvalue weighted by Crippen LogP contribution is 2.75. The molecule has 11 heteroatoms. The number of carboxylic acids is 1. The second kappa shape index (κ2) is 12.4. The van der Waals surface area contributed by atoms with Crippen LogP contribution in [-0.4, -0.2) is 68.7 Å². The lowest BCUT2D eigenvalue weighted by Crippen LogP contribution is -2.70. The predicted octanol–water partition coefficient (Wildman–Crippen LogP) is 6.52. The number of ether oxygens (including phenoxy) is 2. The van der Waals surface area contributed by atoms with Gasteiger partial charge >= 0.3 is 5.97 Å². The lowest BCUT2D eigenvalue weighted by molar-refractivity contribution is -0.254. The van der Waals surface area contributed by atoms with Gasteiger partial charge in [0, 0.05) is 17.9 Å². The van der Waals surface area contributed by atoms with Crippen molar-refractivity contribution >= 4 is 17.8 Å². The number of nitrogens with one attached hydrogen (secondary N) is 1. The average molecular weight is 697 g/mol. The molecule has 12 atom stereocenters. The maximum atomic E-state index is 13.5. The van der Waals surface area contributed by atoms with Crippen molar-refractivity contribution in [3.63, 3.8) is 0 Å². The number of nitrogens with zero attached hydrogens (tertiary/aromatic N) is 4. The third-order valence-corrected chi connectivity index (χ3v) is 16.0. The van der Waals surface area contributed by atoms with Gasteiger partial charge in [-0.2, -0.15) is 0 Å². The highest BCUT2D eigenvalue weighted by molar-refractivity contribution is 5.86. The normalized spacial score (nSPS) is 42.8. The first-order valence-corrected chi connectivity index (χ1v) is 19.2. The van der Waals surface area contributed by atoms with Gasteiger partial charge in [0.2, 0.25) is 11.9 Å². The molecule has 0 spiro atoms. The predicted molar refractivity (Wildman–Crippen MR) is 192 cm³/mol. The first-order chi connectivity index (χ1) is 23.2. The molecule has 0 unspecified atom stereocenters. The van der Waals surface area contributed by atoms with E-state index in [1.807, 2.05) is 6.92 Å². The fraction of sp³-hybridized carbons (Fsp3) is 0.872. The Kier molecular flexibility index (Phi) is 9.24. The number of hydrogen-bond donors (Lipinski definition) is 3. The van der Waals surface area contributed by atoms with E-state index in [1.165, 1.54) is 12.5 Å². The van der Waals surface area contributed by atoms with Crippen LogP contribution in [-0.2, 0) is 19.1 Å². The largest absolute Gasteiger partial charge is 0.481 e. The van der Waals surface area contributed by atoms with E-state index in [2.05, 4.69) is 89.2 Å². The maximum absolute atomic E-state index is 13.5. The highest BCUT2D eigenvalue weighted by atomic mass is 16.5.